The molecular formula is C18H14O3. The third-order valence-corrected chi connectivity index (χ3v) is 3.52. The summed E-state index contributed by atoms with van der Waals surface area (Å²) in [5, 5.41) is 0.871. The fourth-order valence-electron chi connectivity index (χ4n) is 2.38. The van der Waals surface area contributed by atoms with Crippen molar-refractivity contribution < 1.29 is 14.0 Å². The third-order valence-electron chi connectivity index (χ3n) is 3.52. The quantitative estimate of drug-likeness (QED) is 0.531. The topological polar surface area (TPSA) is 47.3 Å². The minimum atomic E-state index is -0.163. The molecule has 0 atom stereocenters. The van der Waals surface area contributed by atoms with Crippen LogP contribution in [0.3, 0.4) is 0 Å². The zero-order chi connectivity index (χ0) is 14.8. The molecule has 0 N–H and O–H groups in total. The number of carbonyl (C=O) groups is 2. The van der Waals surface area contributed by atoms with Crippen LogP contribution in [0.25, 0.3) is 11.0 Å². The smallest absolute Gasteiger partial charge is 0.170 e. The Morgan fingerprint density at radius 3 is 2.52 bits per heavy atom. The lowest BCUT2D eigenvalue weighted by Crippen LogP contribution is -2.09. The number of ketones is 2. The van der Waals surface area contributed by atoms with Crippen LogP contribution < -0.4 is 0 Å². The Morgan fingerprint density at radius 1 is 1.00 bits per heavy atom. The molecule has 0 saturated carbocycles. The molecule has 0 bridgehead atoms. The fraction of sp³-hybridized carbons (Fsp3) is 0.111. The number of hydrogen-bond acceptors (Lipinski definition) is 3. The molecule has 3 nitrogen and oxygen atoms in total. The van der Waals surface area contributed by atoms with E-state index in [2.05, 4.69) is 0 Å². The number of rotatable bonds is 4. The third kappa shape index (κ3) is 2.63. The van der Waals surface area contributed by atoms with E-state index < -0.39 is 0 Å². The number of benzene rings is 2. The Hall–Kier alpha value is -2.68. The van der Waals surface area contributed by atoms with Gasteiger partial charge in [0.25, 0.3) is 0 Å². The van der Waals surface area contributed by atoms with E-state index in [-0.39, 0.29) is 18.0 Å². The molecule has 0 radical (unpaired) electrons. The van der Waals surface area contributed by atoms with Gasteiger partial charge in [-0.1, -0.05) is 30.3 Å². The summed E-state index contributed by atoms with van der Waals surface area (Å²) in [5.74, 6) is -0.322. The largest absolute Gasteiger partial charge is 0.464 e. The number of aryl methyl sites for hydroxylation is 1. The normalized spacial score (nSPS) is 10.7. The molecule has 1 heterocycles. The summed E-state index contributed by atoms with van der Waals surface area (Å²) in [7, 11) is 0. The molecule has 0 amide bonds. The lowest BCUT2D eigenvalue weighted by atomic mass is 9.97. The van der Waals surface area contributed by atoms with E-state index in [0.29, 0.717) is 11.1 Å². The van der Waals surface area contributed by atoms with Crippen molar-refractivity contribution in [2.45, 2.75) is 13.3 Å². The monoisotopic (exact) mass is 278 g/mol. The van der Waals surface area contributed by atoms with Crippen LogP contribution in [0.2, 0.25) is 0 Å². The Bertz CT molecular complexity index is 813. The molecule has 0 aliphatic rings. The molecule has 0 fully saturated rings. The Balaban J connectivity index is 1.87. The van der Waals surface area contributed by atoms with Gasteiger partial charge in [0.05, 0.1) is 12.7 Å². The summed E-state index contributed by atoms with van der Waals surface area (Å²) in [5.41, 5.74) is 2.71. The second-order valence-corrected chi connectivity index (χ2v) is 5.01. The summed E-state index contributed by atoms with van der Waals surface area (Å²) in [6.07, 6.45) is 1.47. The highest BCUT2D eigenvalue weighted by molar-refractivity contribution is 6.14. The van der Waals surface area contributed by atoms with Crippen molar-refractivity contribution in [3.63, 3.8) is 0 Å². The molecule has 0 aliphatic carbocycles. The lowest BCUT2D eigenvalue weighted by molar-refractivity contribution is 0.0894. The molecule has 0 spiro atoms. The van der Waals surface area contributed by atoms with Gasteiger partial charge in [-0.3, -0.25) is 9.59 Å². The molecular weight excluding hydrogens is 264 g/mol. The Kier molecular flexibility index (Phi) is 3.40. The van der Waals surface area contributed by atoms with E-state index in [0.717, 1.165) is 16.5 Å². The number of furan rings is 1. The number of hydrogen-bond donors (Lipinski definition) is 0. The molecule has 0 saturated heterocycles. The van der Waals surface area contributed by atoms with Crippen molar-refractivity contribution in [3.05, 3.63) is 71.5 Å². The lowest BCUT2D eigenvalue weighted by Gasteiger charge is -2.05. The van der Waals surface area contributed by atoms with Gasteiger partial charge in [0.2, 0.25) is 0 Å². The molecule has 3 rings (SSSR count). The minimum absolute atomic E-state index is 0.117. The van der Waals surface area contributed by atoms with Crippen LogP contribution in [0.15, 0.2) is 59.2 Å². The van der Waals surface area contributed by atoms with Crippen molar-refractivity contribution in [2.24, 2.45) is 0 Å². The Labute approximate surface area is 122 Å². The van der Waals surface area contributed by atoms with Gasteiger partial charge in [-0.2, -0.15) is 0 Å². The molecule has 3 heteroatoms. The van der Waals surface area contributed by atoms with Gasteiger partial charge in [0.1, 0.15) is 5.58 Å². The second-order valence-electron chi connectivity index (χ2n) is 5.01. The maximum atomic E-state index is 12.4. The summed E-state index contributed by atoms with van der Waals surface area (Å²) in [4.78, 5) is 24.5. The van der Waals surface area contributed by atoms with Gasteiger partial charge in [0.15, 0.2) is 11.6 Å². The van der Waals surface area contributed by atoms with Crippen LogP contribution in [-0.4, -0.2) is 11.6 Å². The number of fused-ring (bicyclic) bond motifs is 1. The van der Waals surface area contributed by atoms with Crippen LogP contribution in [0.1, 0.15) is 32.7 Å². The molecule has 0 unspecified atom stereocenters. The van der Waals surface area contributed by atoms with Crippen molar-refractivity contribution in [3.8, 4) is 0 Å². The molecule has 3 aromatic rings. The SMILES string of the molecule is Cc1cc2occc2cc1C(=O)CC(=O)c1ccccc1. The van der Waals surface area contributed by atoms with E-state index in [1.165, 1.54) is 0 Å². The van der Waals surface area contributed by atoms with E-state index >= 15 is 0 Å². The standard InChI is InChI=1S/C18H14O3/c1-12-9-18-14(7-8-21-18)10-15(12)17(20)11-16(19)13-5-3-2-4-6-13/h2-10H,11H2,1H3. The Morgan fingerprint density at radius 2 is 1.76 bits per heavy atom. The predicted octanol–water partition coefficient (Wildman–Crippen LogP) is 4.20. The van der Waals surface area contributed by atoms with Crippen molar-refractivity contribution in [1.29, 1.82) is 0 Å². The van der Waals surface area contributed by atoms with E-state index in [4.69, 9.17) is 4.42 Å². The predicted molar refractivity (Wildman–Crippen MR) is 80.7 cm³/mol. The molecule has 21 heavy (non-hydrogen) atoms. The summed E-state index contributed by atoms with van der Waals surface area (Å²) in [6.45, 7) is 1.85. The van der Waals surface area contributed by atoms with Gasteiger partial charge in [0, 0.05) is 16.5 Å². The van der Waals surface area contributed by atoms with E-state index in [9.17, 15) is 9.59 Å². The van der Waals surface area contributed by atoms with E-state index in [1.807, 2.05) is 25.1 Å². The number of Topliss-reactive ketones (excluding diaryl/α,β-unsaturated/α-hetero) is 2. The second kappa shape index (κ2) is 5.37. The van der Waals surface area contributed by atoms with E-state index in [1.54, 1.807) is 36.6 Å². The highest BCUT2D eigenvalue weighted by atomic mass is 16.3. The van der Waals surface area contributed by atoms with Crippen molar-refractivity contribution in [2.75, 3.05) is 0 Å². The average molecular weight is 278 g/mol. The first-order valence-corrected chi connectivity index (χ1v) is 6.74. The zero-order valence-electron chi connectivity index (χ0n) is 11.6. The molecule has 2 aromatic carbocycles. The van der Waals surface area contributed by atoms with Crippen molar-refractivity contribution >= 4 is 22.5 Å². The molecule has 0 aliphatic heterocycles. The maximum Gasteiger partial charge on any atom is 0.170 e. The maximum absolute atomic E-state index is 12.4. The van der Waals surface area contributed by atoms with Gasteiger partial charge in [-0.05, 0) is 30.7 Å². The van der Waals surface area contributed by atoms with Gasteiger partial charge < -0.3 is 4.42 Å². The first kappa shape index (κ1) is 13.3. The molecule has 104 valence electrons. The number of carbonyl (C=O) groups excluding carboxylic acids is 2. The first-order chi connectivity index (χ1) is 10.1. The zero-order valence-corrected chi connectivity index (χ0v) is 11.6. The summed E-state index contributed by atoms with van der Waals surface area (Å²) < 4.78 is 5.31. The summed E-state index contributed by atoms with van der Waals surface area (Å²) in [6, 6.07) is 14.3. The summed E-state index contributed by atoms with van der Waals surface area (Å²) >= 11 is 0. The average Bonchev–Trinajstić information content (AvgIpc) is 2.94. The fourth-order valence-corrected chi connectivity index (χ4v) is 2.38. The van der Waals surface area contributed by atoms with Gasteiger partial charge in [-0.15, -0.1) is 0 Å². The minimum Gasteiger partial charge on any atom is -0.464 e. The van der Waals surface area contributed by atoms with Crippen LogP contribution >= 0.6 is 0 Å². The highest BCUT2D eigenvalue weighted by Crippen LogP contribution is 2.22. The first-order valence-electron chi connectivity index (χ1n) is 6.74. The van der Waals surface area contributed by atoms with Crippen LogP contribution in [-0.2, 0) is 0 Å². The highest BCUT2D eigenvalue weighted by Gasteiger charge is 2.16. The van der Waals surface area contributed by atoms with Crippen LogP contribution in [0.4, 0.5) is 0 Å². The molecule has 1 aromatic heterocycles. The van der Waals surface area contributed by atoms with Crippen molar-refractivity contribution in [1.82, 2.24) is 0 Å². The van der Waals surface area contributed by atoms with Gasteiger partial charge >= 0.3 is 0 Å². The van der Waals surface area contributed by atoms with Gasteiger partial charge in [-0.25, -0.2) is 0 Å². The van der Waals surface area contributed by atoms with Crippen LogP contribution in [0.5, 0.6) is 0 Å². The van der Waals surface area contributed by atoms with Crippen LogP contribution in [0, 0.1) is 6.92 Å².